The summed E-state index contributed by atoms with van der Waals surface area (Å²) in [5.41, 5.74) is 7.39. The second kappa shape index (κ2) is 8.83. The van der Waals surface area contributed by atoms with Gasteiger partial charge in [-0.05, 0) is 55.2 Å². The lowest BCUT2D eigenvalue weighted by Crippen LogP contribution is -2.54. The smallest absolute Gasteiger partial charge is 0.239 e. The molecule has 2 amide bonds. The molecule has 6 nitrogen and oxygen atoms in total. The fraction of sp³-hybridized carbons (Fsp3) is 0.667. The van der Waals surface area contributed by atoms with Crippen molar-refractivity contribution >= 4 is 11.8 Å². The van der Waals surface area contributed by atoms with Crippen molar-refractivity contribution in [3.63, 3.8) is 0 Å². The predicted octanol–water partition coefficient (Wildman–Crippen LogP) is 1.98. The fourth-order valence-electron chi connectivity index (χ4n) is 4.40. The van der Waals surface area contributed by atoms with E-state index in [2.05, 4.69) is 11.9 Å². The summed E-state index contributed by atoms with van der Waals surface area (Å²) in [6.45, 7) is 5.16. The Morgan fingerprint density at radius 1 is 1.26 bits per heavy atom. The number of pyridine rings is 1. The highest BCUT2D eigenvalue weighted by Crippen LogP contribution is 2.40. The van der Waals surface area contributed by atoms with Crippen molar-refractivity contribution < 1.29 is 9.59 Å². The Labute approximate surface area is 162 Å². The van der Waals surface area contributed by atoms with Gasteiger partial charge in [0, 0.05) is 45.0 Å². The van der Waals surface area contributed by atoms with Gasteiger partial charge in [-0.25, -0.2) is 0 Å². The Bertz CT molecular complexity index is 641. The highest BCUT2D eigenvalue weighted by atomic mass is 16.2. The van der Waals surface area contributed by atoms with E-state index in [4.69, 9.17) is 5.73 Å². The lowest BCUT2D eigenvalue weighted by Gasteiger charge is -2.47. The molecule has 0 aromatic carbocycles. The summed E-state index contributed by atoms with van der Waals surface area (Å²) in [5, 5.41) is 0. The molecular weight excluding hydrogens is 340 g/mol. The van der Waals surface area contributed by atoms with Gasteiger partial charge in [0.15, 0.2) is 0 Å². The van der Waals surface area contributed by atoms with Gasteiger partial charge in [-0.2, -0.15) is 0 Å². The van der Waals surface area contributed by atoms with Crippen LogP contribution in [0.5, 0.6) is 0 Å². The van der Waals surface area contributed by atoms with Crippen LogP contribution in [0.2, 0.25) is 0 Å². The maximum atomic E-state index is 12.5. The Morgan fingerprint density at radius 3 is 2.63 bits per heavy atom. The minimum absolute atomic E-state index is 0.0909. The highest BCUT2D eigenvalue weighted by Gasteiger charge is 2.41. The van der Waals surface area contributed by atoms with Crippen LogP contribution < -0.4 is 5.73 Å². The van der Waals surface area contributed by atoms with E-state index in [0.717, 1.165) is 64.7 Å². The number of nitrogens with two attached hydrogens (primary N) is 1. The molecule has 27 heavy (non-hydrogen) atoms. The van der Waals surface area contributed by atoms with Crippen molar-refractivity contribution in [2.45, 2.75) is 57.9 Å². The number of hydrogen-bond donors (Lipinski definition) is 1. The molecule has 0 bridgehead atoms. The Balaban J connectivity index is 1.54. The number of aromatic nitrogens is 1. The van der Waals surface area contributed by atoms with Crippen LogP contribution in [-0.2, 0) is 16.0 Å². The number of likely N-dealkylation sites (tertiary alicyclic amines) is 2. The van der Waals surface area contributed by atoms with Crippen LogP contribution in [0.1, 0.15) is 51.0 Å². The first-order valence-electron chi connectivity index (χ1n) is 10.2. The van der Waals surface area contributed by atoms with E-state index in [1.807, 2.05) is 21.9 Å². The standard InChI is InChI=1S/C21H32N4O2/c1-2-3-18(22)20(27)24-14-9-21(10-15-24)8-4-19(26)25(16-21)13-7-17-5-11-23-12-6-17/h5-6,11-12,18H,2-4,7-10,13-16,22H2,1H3. The molecule has 1 atom stereocenters. The average Bonchev–Trinajstić information content (AvgIpc) is 2.70. The average molecular weight is 373 g/mol. The third-order valence-corrected chi connectivity index (χ3v) is 6.22. The number of carbonyl (C=O) groups is 2. The normalized spacial score (nSPS) is 20.7. The quantitative estimate of drug-likeness (QED) is 0.828. The van der Waals surface area contributed by atoms with Gasteiger partial charge in [0.1, 0.15) is 0 Å². The van der Waals surface area contributed by atoms with Gasteiger partial charge in [-0.15, -0.1) is 0 Å². The summed E-state index contributed by atoms with van der Waals surface area (Å²) in [7, 11) is 0. The maximum absolute atomic E-state index is 12.5. The monoisotopic (exact) mass is 372 g/mol. The van der Waals surface area contributed by atoms with Crippen LogP contribution in [0, 0.1) is 5.41 Å². The van der Waals surface area contributed by atoms with Crippen molar-refractivity contribution in [3.05, 3.63) is 30.1 Å². The second-order valence-electron chi connectivity index (χ2n) is 8.14. The molecule has 2 aliphatic heterocycles. The first-order valence-corrected chi connectivity index (χ1v) is 10.2. The topological polar surface area (TPSA) is 79.5 Å². The molecule has 0 aliphatic carbocycles. The van der Waals surface area contributed by atoms with Crippen LogP contribution >= 0.6 is 0 Å². The summed E-state index contributed by atoms with van der Waals surface area (Å²) < 4.78 is 0. The zero-order valence-electron chi connectivity index (χ0n) is 16.4. The SMILES string of the molecule is CCCC(N)C(=O)N1CCC2(CCC(=O)N(CCc3ccncc3)C2)CC1. The molecule has 6 heteroatoms. The number of piperidine rings is 2. The molecule has 2 N–H and O–H groups in total. The first-order chi connectivity index (χ1) is 13.0. The van der Waals surface area contributed by atoms with Crippen molar-refractivity contribution in [2.75, 3.05) is 26.2 Å². The number of carbonyl (C=O) groups excluding carboxylic acids is 2. The van der Waals surface area contributed by atoms with Gasteiger partial charge in [0.2, 0.25) is 11.8 Å². The summed E-state index contributed by atoms with van der Waals surface area (Å²) in [5.74, 6) is 0.353. The Hall–Kier alpha value is -1.95. The number of rotatable bonds is 6. The molecular formula is C21H32N4O2. The zero-order chi connectivity index (χ0) is 19.3. The van der Waals surface area contributed by atoms with Crippen molar-refractivity contribution in [1.82, 2.24) is 14.8 Å². The summed E-state index contributed by atoms with van der Waals surface area (Å²) in [4.78, 5) is 32.9. The van der Waals surface area contributed by atoms with Crippen molar-refractivity contribution in [3.8, 4) is 0 Å². The molecule has 148 valence electrons. The molecule has 1 spiro atoms. The van der Waals surface area contributed by atoms with Crippen LogP contribution in [0.25, 0.3) is 0 Å². The predicted molar refractivity (Wildman–Crippen MR) is 105 cm³/mol. The van der Waals surface area contributed by atoms with E-state index in [1.165, 1.54) is 5.56 Å². The largest absolute Gasteiger partial charge is 0.342 e. The second-order valence-corrected chi connectivity index (χ2v) is 8.14. The number of amides is 2. The minimum atomic E-state index is -0.367. The van der Waals surface area contributed by atoms with Gasteiger partial charge < -0.3 is 15.5 Å². The molecule has 0 radical (unpaired) electrons. The van der Waals surface area contributed by atoms with Gasteiger partial charge in [0.25, 0.3) is 0 Å². The third kappa shape index (κ3) is 4.86. The van der Waals surface area contributed by atoms with E-state index in [0.29, 0.717) is 6.42 Å². The van der Waals surface area contributed by atoms with Gasteiger partial charge in [0.05, 0.1) is 6.04 Å². The molecule has 3 rings (SSSR count). The van der Waals surface area contributed by atoms with E-state index in [9.17, 15) is 9.59 Å². The third-order valence-electron chi connectivity index (χ3n) is 6.22. The summed E-state index contributed by atoms with van der Waals surface area (Å²) in [6, 6.07) is 3.65. The lowest BCUT2D eigenvalue weighted by molar-refractivity contribution is -0.143. The van der Waals surface area contributed by atoms with Crippen LogP contribution in [0.15, 0.2) is 24.5 Å². The van der Waals surface area contributed by atoms with Gasteiger partial charge in [-0.3, -0.25) is 14.6 Å². The van der Waals surface area contributed by atoms with Crippen LogP contribution in [-0.4, -0.2) is 58.8 Å². The molecule has 2 saturated heterocycles. The van der Waals surface area contributed by atoms with Crippen molar-refractivity contribution in [2.24, 2.45) is 11.1 Å². The van der Waals surface area contributed by atoms with Gasteiger partial charge in [-0.1, -0.05) is 13.3 Å². The molecule has 1 unspecified atom stereocenters. The molecule has 2 aliphatic rings. The highest BCUT2D eigenvalue weighted by molar-refractivity contribution is 5.81. The number of hydrogen-bond acceptors (Lipinski definition) is 4. The van der Waals surface area contributed by atoms with Crippen molar-refractivity contribution in [1.29, 1.82) is 0 Å². The molecule has 2 fully saturated rings. The molecule has 1 aromatic rings. The molecule has 3 heterocycles. The van der Waals surface area contributed by atoms with Crippen LogP contribution in [0.4, 0.5) is 0 Å². The molecule has 0 saturated carbocycles. The Kier molecular flexibility index (Phi) is 6.47. The lowest BCUT2D eigenvalue weighted by atomic mass is 9.72. The Morgan fingerprint density at radius 2 is 1.96 bits per heavy atom. The van der Waals surface area contributed by atoms with E-state index >= 15 is 0 Å². The maximum Gasteiger partial charge on any atom is 0.239 e. The van der Waals surface area contributed by atoms with E-state index < -0.39 is 0 Å². The minimum Gasteiger partial charge on any atom is -0.342 e. The van der Waals surface area contributed by atoms with Crippen LogP contribution in [0.3, 0.4) is 0 Å². The summed E-state index contributed by atoms with van der Waals surface area (Å²) >= 11 is 0. The number of nitrogens with zero attached hydrogens (tertiary/aromatic N) is 3. The fourth-order valence-corrected chi connectivity index (χ4v) is 4.40. The van der Waals surface area contributed by atoms with Gasteiger partial charge >= 0.3 is 0 Å². The zero-order valence-corrected chi connectivity index (χ0v) is 16.4. The van der Waals surface area contributed by atoms with E-state index in [1.54, 1.807) is 12.4 Å². The molecule has 1 aromatic heterocycles. The summed E-state index contributed by atoms with van der Waals surface area (Å²) in [6.07, 6.45) is 9.64. The van der Waals surface area contributed by atoms with E-state index in [-0.39, 0.29) is 23.3 Å². The first kappa shape index (κ1) is 19.8.